The predicted octanol–water partition coefficient (Wildman–Crippen LogP) is 2.64. The maximum atomic E-state index is 4.57. The Hall–Kier alpha value is -0.870. The minimum absolute atomic E-state index is 0.530. The molecular formula is C12H14BrN3. The molecule has 0 aliphatic carbocycles. The van der Waals surface area contributed by atoms with Gasteiger partial charge in [-0.3, -0.25) is 0 Å². The Bertz CT molecular complexity index is 526. The van der Waals surface area contributed by atoms with Crippen molar-refractivity contribution in [1.82, 2.24) is 14.9 Å². The van der Waals surface area contributed by atoms with Gasteiger partial charge in [-0.05, 0) is 53.5 Å². The van der Waals surface area contributed by atoms with Gasteiger partial charge in [0.1, 0.15) is 0 Å². The van der Waals surface area contributed by atoms with Crippen molar-refractivity contribution < 1.29 is 0 Å². The lowest BCUT2D eigenvalue weighted by Crippen LogP contribution is -2.13. The van der Waals surface area contributed by atoms with Crippen LogP contribution in [0, 0.1) is 6.92 Å². The number of hydrogen-bond donors (Lipinski definition) is 1. The van der Waals surface area contributed by atoms with Crippen LogP contribution in [-0.2, 0) is 0 Å². The van der Waals surface area contributed by atoms with Gasteiger partial charge < -0.3 is 9.88 Å². The molecule has 1 fully saturated rings. The van der Waals surface area contributed by atoms with Gasteiger partial charge in [-0.2, -0.15) is 0 Å². The van der Waals surface area contributed by atoms with E-state index in [9.17, 15) is 0 Å². The van der Waals surface area contributed by atoms with Crippen molar-refractivity contribution in [3.63, 3.8) is 0 Å². The molecule has 84 valence electrons. The number of aryl methyl sites for hydroxylation is 1. The van der Waals surface area contributed by atoms with Crippen LogP contribution in [0.2, 0.25) is 0 Å². The summed E-state index contributed by atoms with van der Waals surface area (Å²) in [5.41, 5.74) is 3.57. The van der Waals surface area contributed by atoms with Gasteiger partial charge in [-0.15, -0.1) is 0 Å². The van der Waals surface area contributed by atoms with E-state index in [1.807, 2.05) is 0 Å². The number of fused-ring (bicyclic) bond motifs is 1. The van der Waals surface area contributed by atoms with E-state index in [0.29, 0.717) is 6.04 Å². The summed E-state index contributed by atoms with van der Waals surface area (Å²) in [6, 6.07) is 6.98. The fourth-order valence-corrected chi connectivity index (χ4v) is 3.06. The van der Waals surface area contributed by atoms with Crippen LogP contribution in [-0.4, -0.2) is 22.6 Å². The summed E-state index contributed by atoms with van der Waals surface area (Å²) in [7, 11) is 0. The van der Waals surface area contributed by atoms with Gasteiger partial charge in [0.15, 0.2) is 4.73 Å². The second kappa shape index (κ2) is 3.86. The van der Waals surface area contributed by atoms with Gasteiger partial charge in [0.05, 0.1) is 11.0 Å². The number of nitrogens with one attached hydrogen (secondary N) is 1. The van der Waals surface area contributed by atoms with Crippen LogP contribution in [0.4, 0.5) is 0 Å². The van der Waals surface area contributed by atoms with Crippen LogP contribution in [0.5, 0.6) is 0 Å². The van der Waals surface area contributed by atoms with Gasteiger partial charge in [-0.25, -0.2) is 4.98 Å². The van der Waals surface area contributed by atoms with Gasteiger partial charge in [0.25, 0.3) is 0 Å². The predicted molar refractivity (Wildman–Crippen MR) is 68.7 cm³/mol. The SMILES string of the molecule is Cc1ccc2c(c1)nc(Br)n2C1CCNC1. The lowest BCUT2D eigenvalue weighted by atomic mass is 10.2. The first-order chi connectivity index (χ1) is 7.75. The summed E-state index contributed by atoms with van der Waals surface area (Å²) in [6.45, 7) is 4.24. The Morgan fingerprint density at radius 1 is 1.50 bits per heavy atom. The molecule has 1 aromatic heterocycles. The monoisotopic (exact) mass is 279 g/mol. The molecule has 1 aliphatic heterocycles. The third kappa shape index (κ3) is 1.57. The summed E-state index contributed by atoms with van der Waals surface area (Å²) in [5, 5.41) is 3.39. The molecule has 1 unspecified atom stereocenters. The smallest absolute Gasteiger partial charge is 0.178 e. The Labute approximate surface area is 103 Å². The van der Waals surface area contributed by atoms with Crippen LogP contribution < -0.4 is 5.32 Å². The van der Waals surface area contributed by atoms with E-state index in [1.165, 1.54) is 17.5 Å². The lowest BCUT2D eigenvalue weighted by Gasteiger charge is -2.13. The first kappa shape index (κ1) is 10.3. The Morgan fingerprint density at radius 3 is 3.12 bits per heavy atom. The standard InChI is InChI=1S/C12H14BrN3/c1-8-2-3-11-10(6-8)15-12(13)16(11)9-4-5-14-7-9/h2-3,6,9,14H,4-5,7H2,1H3. The largest absolute Gasteiger partial charge is 0.315 e. The van der Waals surface area contributed by atoms with E-state index in [2.05, 4.69) is 55.9 Å². The molecule has 3 nitrogen and oxygen atoms in total. The molecule has 0 spiro atoms. The maximum absolute atomic E-state index is 4.57. The number of rotatable bonds is 1. The summed E-state index contributed by atoms with van der Waals surface area (Å²) in [4.78, 5) is 4.57. The maximum Gasteiger partial charge on any atom is 0.178 e. The van der Waals surface area contributed by atoms with Gasteiger partial charge in [-0.1, -0.05) is 6.07 Å². The molecule has 3 rings (SSSR count). The second-order valence-electron chi connectivity index (χ2n) is 4.39. The first-order valence-corrected chi connectivity index (χ1v) is 6.40. The van der Waals surface area contributed by atoms with Crippen LogP contribution in [0.15, 0.2) is 22.9 Å². The number of imidazole rings is 1. The Morgan fingerprint density at radius 2 is 2.38 bits per heavy atom. The Kier molecular flexibility index (Phi) is 2.48. The van der Waals surface area contributed by atoms with Crippen molar-refractivity contribution in [3.8, 4) is 0 Å². The van der Waals surface area contributed by atoms with Gasteiger partial charge in [0, 0.05) is 12.6 Å². The van der Waals surface area contributed by atoms with E-state index in [4.69, 9.17) is 0 Å². The number of hydrogen-bond acceptors (Lipinski definition) is 2. The second-order valence-corrected chi connectivity index (χ2v) is 5.10. The minimum atomic E-state index is 0.530. The average Bonchev–Trinajstić information content (AvgIpc) is 2.83. The molecule has 1 aliphatic rings. The highest BCUT2D eigenvalue weighted by molar-refractivity contribution is 9.10. The molecule has 0 saturated carbocycles. The molecule has 0 bridgehead atoms. The van der Waals surface area contributed by atoms with E-state index in [-0.39, 0.29) is 0 Å². The molecule has 1 atom stereocenters. The van der Waals surface area contributed by atoms with Crippen molar-refractivity contribution in [2.45, 2.75) is 19.4 Å². The molecule has 2 heterocycles. The molecule has 2 aromatic rings. The van der Waals surface area contributed by atoms with E-state index < -0.39 is 0 Å². The van der Waals surface area contributed by atoms with Crippen molar-refractivity contribution >= 4 is 27.0 Å². The first-order valence-electron chi connectivity index (χ1n) is 5.60. The summed E-state index contributed by atoms with van der Waals surface area (Å²) in [5.74, 6) is 0. The molecule has 0 radical (unpaired) electrons. The molecule has 16 heavy (non-hydrogen) atoms. The number of nitrogens with zero attached hydrogens (tertiary/aromatic N) is 2. The quantitative estimate of drug-likeness (QED) is 0.870. The number of benzene rings is 1. The molecule has 1 N–H and O–H groups in total. The zero-order valence-corrected chi connectivity index (χ0v) is 10.8. The van der Waals surface area contributed by atoms with Gasteiger partial charge >= 0.3 is 0 Å². The average molecular weight is 280 g/mol. The highest BCUT2D eigenvalue weighted by Gasteiger charge is 2.21. The van der Waals surface area contributed by atoms with Gasteiger partial charge in [0.2, 0.25) is 0 Å². The van der Waals surface area contributed by atoms with Crippen molar-refractivity contribution in [3.05, 3.63) is 28.5 Å². The zero-order valence-electron chi connectivity index (χ0n) is 9.20. The summed E-state index contributed by atoms with van der Waals surface area (Å²) < 4.78 is 3.25. The molecule has 1 aromatic carbocycles. The highest BCUT2D eigenvalue weighted by atomic mass is 79.9. The van der Waals surface area contributed by atoms with Crippen molar-refractivity contribution in [2.75, 3.05) is 13.1 Å². The fourth-order valence-electron chi connectivity index (χ4n) is 2.39. The third-order valence-electron chi connectivity index (χ3n) is 3.20. The normalized spacial score (nSPS) is 20.8. The molecule has 4 heteroatoms. The highest BCUT2D eigenvalue weighted by Crippen LogP contribution is 2.28. The van der Waals surface area contributed by atoms with Crippen LogP contribution in [0.1, 0.15) is 18.0 Å². The van der Waals surface area contributed by atoms with Crippen molar-refractivity contribution in [2.24, 2.45) is 0 Å². The van der Waals surface area contributed by atoms with Crippen molar-refractivity contribution in [1.29, 1.82) is 0 Å². The summed E-state index contributed by atoms with van der Waals surface area (Å²) in [6.07, 6.45) is 1.18. The summed E-state index contributed by atoms with van der Waals surface area (Å²) >= 11 is 3.57. The fraction of sp³-hybridized carbons (Fsp3) is 0.417. The van der Waals surface area contributed by atoms with E-state index >= 15 is 0 Å². The molecule has 1 saturated heterocycles. The molecule has 0 amide bonds. The number of aromatic nitrogens is 2. The number of halogens is 1. The van der Waals surface area contributed by atoms with E-state index in [1.54, 1.807) is 0 Å². The van der Waals surface area contributed by atoms with E-state index in [0.717, 1.165) is 23.3 Å². The lowest BCUT2D eigenvalue weighted by molar-refractivity contribution is 0.551. The van der Waals surface area contributed by atoms with Crippen LogP contribution in [0.25, 0.3) is 11.0 Å². The topological polar surface area (TPSA) is 29.9 Å². The molecular weight excluding hydrogens is 266 g/mol. The Balaban J connectivity index is 2.18. The van der Waals surface area contributed by atoms with Crippen LogP contribution in [0.3, 0.4) is 0 Å². The third-order valence-corrected chi connectivity index (χ3v) is 3.76. The van der Waals surface area contributed by atoms with Crippen LogP contribution >= 0.6 is 15.9 Å². The zero-order chi connectivity index (χ0) is 11.1. The minimum Gasteiger partial charge on any atom is -0.315 e.